The fourth-order valence-electron chi connectivity index (χ4n) is 1.56. The van der Waals surface area contributed by atoms with Crippen LogP contribution in [0.4, 0.5) is 5.69 Å². The maximum absolute atomic E-state index is 11.1. The number of halogens is 1. The van der Waals surface area contributed by atoms with Gasteiger partial charge in [0.15, 0.2) is 0 Å². The fourth-order valence-corrected chi connectivity index (χ4v) is 1.56. The molecule has 0 unspecified atom stereocenters. The van der Waals surface area contributed by atoms with Gasteiger partial charge in [0.05, 0.1) is 0 Å². The normalized spacial score (nSPS) is 9.81. The number of para-hydroxylation sites is 1. The molecule has 0 saturated heterocycles. The van der Waals surface area contributed by atoms with Crippen LogP contribution >= 0.6 is 12.4 Å². The number of rotatable bonds is 3. The second-order valence-corrected chi connectivity index (χ2v) is 4.03. The molecule has 4 heteroatoms. The van der Waals surface area contributed by atoms with Crippen LogP contribution in [0.5, 0.6) is 0 Å². The van der Waals surface area contributed by atoms with Crippen molar-refractivity contribution in [1.82, 2.24) is 4.90 Å². The van der Waals surface area contributed by atoms with Crippen molar-refractivity contribution in [3.63, 3.8) is 0 Å². The Kier molecular flexibility index (Phi) is 6.08. The van der Waals surface area contributed by atoms with Gasteiger partial charge >= 0.3 is 0 Å². The van der Waals surface area contributed by atoms with E-state index >= 15 is 0 Å². The number of amides is 1. The Morgan fingerprint density at radius 2 is 2.00 bits per heavy atom. The van der Waals surface area contributed by atoms with Crippen LogP contribution in [0.2, 0.25) is 0 Å². The molecule has 0 atom stereocenters. The molecule has 0 fully saturated rings. The van der Waals surface area contributed by atoms with Gasteiger partial charge in [-0.2, -0.15) is 0 Å². The van der Waals surface area contributed by atoms with Crippen LogP contribution in [0.25, 0.3) is 0 Å². The largest absolute Gasteiger partial charge is 0.326 e. The van der Waals surface area contributed by atoms with Gasteiger partial charge in [-0.05, 0) is 32.1 Å². The summed E-state index contributed by atoms with van der Waals surface area (Å²) in [6.45, 7) is 4.37. The number of benzene rings is 1. The molecular formula is C12H19ClN2O. The zero-order chi connectivity index (χ0) is 11.4. The van der Waals surface area contributed by atoms with Crippen molar-refractivity contribution in [3.05, 3.63) is 29.3 Å². The number of anilines is 1. The molecular weight excluding hydrogens is 224 g/mol. The number of hydrogen-bond donors (Lipinski definition) is 1. The first kappa shape index (κ1) is 14.9. The van der Waals surface area contributed by atoms with Gasteiger partial charge in [-0.15, -0.1) is 12.4 Å². The summed E-state index contributed by atoms with van der Waals surface area (Å²) in [5.41, 5.74) is 3.19. The molecule has 0 aliphatic rings. The van der Waals surface area contributed by atoms with Crippen LogP contribution in [0.15, 0.2) is 18.2 Å². The lowest BCUT2D eigenvalue weighted by atomic mass is 10.1. The number of carbonyl (C=O) groups excluding carboxylic acids is 1. The monoisotopic (exact) mass is 242 g/mol. The van der Waals surface area contributed by atoms with Gasteiger partial charge in [-0.25, -0.2) is 0 Å². The molecule has 1 aromatic rings. The van der Waals surface area contributed by atoms with Crippen molar-refractivity contribution in [2.75, 3.05) is 19.4 Å². The lowest BCUT2D eigenvalue weighted by molar-refractivity contribution is -0.114. The van der Waals surface area contributed by atoms with Gasteiger partial charge in [0, 0.05) is 19.2 Å². The molecule has 0 spiro atoms. The van der Waals surface area contributed by atoms with Crippen molar-refractivity contribution < 1.29 is 4.79 Å². The standard InChI is InChI=1S/C12H18N2O.ClH/c1-9-6-5-7-11(8-14(3)4)12(9)13-10(2)15;/h5-7H,8H2,1-4H3,(H,13,15);1H. The van der Waals surface area contributed by atoms with E-state index in [0.717, 1.165) is 23.4 Å². The Morgan fingerprint density at radius 3 is 2.50 bits per heavy atom. The van der Waals surface area contributed by atoms with E-state index in [9.17, 15) is 4.79 Å². The molecule has 1 rings (SSSR count). The number of hydrogen-bond acceptors (Lipinski definition) is 2. The van der Waals surface area contributed by atoms with Gasteiger partial charge in [-0.1, -0.05) is 18.2 Å². The lowest BCUT2D eigenvalue weighted by Gasteiger charge is -2.16. The molecule has 0 aliphatic heterocycles. The van der Waals surface area contributed by atoms with E-state index in [1.807, 2.05) is 39.2 Å². The fraction of sp³-hybridized carbons (Fsp3) is 0.417. The second-order valence-electron chi connectivity index (χ2n) is 4.03. The first-order valence-electron chi connectivity index (χ1n) is 5.01. The molecule has 90 valence electrons. The molecule has 0 bridgehead atoms. The SMILES string of the molecule is CC(=O)Nc1c(C)cccc1CN(C)C.Cl. The van der Waals surface area contributed by atoms with Crippen molar-refractivity contribution >= 4 is 24.0 Å². The van der Waals surface area contributed by atoms with Crippen LogP contribution in [-0.4, -0.2) is 24.9 Å². The smallest absolute Gasteiger partial charge is 0.221 e. The number of aryl methyl sites for hydroxylation is 1. The maximum atomic E-state index is 11.1. The Hall–Kier alpha value is -1.06. The third kappa shape index (κ3) is 4.21. The molecule has 0 aromatic heterocycles. The first-order valence-corrected chi connectivity index (χ1v) is 5.01. The topological polar surface area (TPSA) is 32.3 Å². The van der Waals surface area contributed by atoms with E-state index in [1.165, 1.54) is 6.92 Å². The minimum Gasteiger partial charge on any atom is -0.326 e. The molecule has 0 aliphatic carbocycles. The summed E-state index contributed by atoms with van der Waals surface area (Å²) in [4.78, 5) is 13.2. The van der Waals surface area contributed by atoms with Crippen LogP contribution in [0, 0.1) is 6.92 Å². The molecule has 1 amide bonds. The summed E-state index contributed by atoms with van der Waals surface area (Å²) >= 11 is 0. The van der Waals surface area contributed by atoms with Crippen LogP contribution in [0.1, 0.15) is 18.1 Å². The van der Waals surface area contributed by atoms with E-state index in [0.29, 0.717) is 0 Å². The summed E-state index contributed by atoms with van der Waals surface area (Å²) in [6.07, 6.45) is 0. The average molecular weight is 243 g/mol. The Labute approximate surface area is 103 Å². The van der Waals surface area contributed by atoms with Crippen molar-refractivity contribution in [2.24, 2.45) is 0 Å². The predicted octanol–water partition coefficient (Wildman–Crippen LogP) is 2.44. The molecule has 16 heavy (non-hydrogen) atoms. The van der Waals surface area contributed by atoms with Gasteiger partial charge in [-0.3, -0.25) is 4.79 Å². The Balaban J connectivity index is 0.00000225. The minimum atomic E-state index is -0.0238. The quantitative estimate of drug-likeness (QED) is 0.883. The summed E-state index contributed by atoms with van der Waals surface area (Å²) in [6, 6.07) is 6.06. The van der Waals surface area contributed by atoms with E-state index in [-0.39, 0.29) is 18.3 Å². The Morgan fingerprint density at radius 1 is 1.38 bits per heavy atom. The third-order valence-corrected chi connectivity index (χ3v) is 2.15. The average Bonchev–Trinajstić information content (AvgIpc) is 2.09. The van der Waals surface area contributed by atoms with E-state index in [4.69, 9.17) is 0 Å². The van der Waals surface area contributed by atoms with Gasteiger partial charge in [0.25, 0.3) is 0 Å². The number of nitrogens with zero attached hydrogens (tertiary/aromatic N) is 1. The van der Waals surface area contributed by atoms with Crippen molar-refractivity contribution in [2.45, 2.75) is 20.4 Å². The highest BCUT2D eigenvalue weighted by Gasteiger charge is 2.07. The summed E-state index contributed by atoms with van der Waals surface area (Å²) in [5, 5.41) is 2.88. The Bertz CT molecular complexity index is 364. The van der Waals surface area contributed by atoms with E-state index in [2.05, 4.69) is 10.2 Å². The van der Waals surface area contributed by atoms with Crippen LogP contribution in [-0.2, 0) is 11.3 Å². The van der Waals surface area contributed by atoms with E-state index < -0.39 is 0 Å². The van der Waals surface area contributed by atoms with Gasteiger partial charge < -0.3 is 10.2 Å². The van der Waals surface area contributed by atoms with Crippen molar-refractivity contribution in [3.8, 4) is 0 Å². The summed E-state index contributed by atoms with van der Waals surface area (Å²) in [7, 11) is 4.03. The van der Waals surface area contributed by atoms with Gasteiger partial charge in [0.1, 0.15) is 0 Å². The van der Waals surface area contributed by atoms with Crippen molar-refractivity contribution in [1.29, 1.82) is 0 Å². The highest BCUT2D eigenvalue weighted by molar-refractivity contribution is 5.90. The predicted molar refractivity (Wildman–Crippen MR) is 70.1 cm³/mol. The molecule has 0 radical (unpaired) electrons. The minimum absolute atomic E-state index is 0. The number of nitrogens with one attached hydrogen (secondary N) is 1. The molecule has 1 N–H and O–H groups in total. The zero-order valence-corrected chi connectivity index (χ0v) is 11.0. The summed E-state index contributed by atoms with van der Waals surface area (Å²) in [5.74, 6) is -0.0238. The van der Waals surface area contributed by atoms with Gasteiger partial charge in [0.2, 0.25) is 5.91 Å². The van der Waals surface area contributed by atoms with Crippen LogP contribution in [0.3, 0.4) is 0 Å². The molecule has 1 aromatic carbocycles. The second kappa shape index (κ2) is 6.51. The molecule has 3 nitrogen and oxygen atoms in total. The molecule has 0 saturated carbocycles. The third-order valence-electron chi connectivity index (χ3n) is 2.15. The first-order chi connectivity index (χ1) is 7.00. The molecule has 0 heterocycles. The lowest BCUT2D eigenvalue weighted by Crippen LogP contribution is -2.15. The zero-order valence-electron chi connectivity index (χ0n) is 10.2. The van der Waals surface area contributed by atoms with E-state index in [1.54, 1.807) is 0 Å². The number of carbonyl (C=O) groups is 1. The summed E-state index contributed by atoms with van der Waals surface area (Å²) < 4.78 is 0. The highest BCUT2D eigenvalue weighted by Crippen LogP contribution is 2.21. The highest BCUT2D eigenvalue weighted by atomic mass is 35.5. The van der Waals surface area contributed by atoms with Crippen LogP contribution < -0.4 is 5.32 Å². The maximum Gasteiger partial charge on any atom is 0.221 e.